The van der Waals surface area contributed by atoms with Crippen molar-refractivity contribution >= 4 is 12.0 Å². The van der Waals surface area contributed by atoms with Crippen LogP contribution in [0.15, 0.2) is 12.4 Å². The standard InChI is InChI=1S/C5H7N3O2/c1-10-5(9)8-3-2-7-4(8)6/h2-3H,1H3,(H2,6,7). The molecule has 1 aromatic heterocycles. The van der Waals surface area contributed by atoms with Crippen molar-refractivity contribution in [1.29, 1.82) is 0 Å². The number of carbonyl (C=O) groups excluding carboxylic acids is 1. The molecule has 0 radical (unpaired) electrons. The van der Waals surface area contributed by atoms with Crippen LogP contribution in [0.5, 0.6) is 0 Å². The van der Waals surface area contributed by atoms with Crippen LogP contribution in [0.1, 0.15) is 0 Å². The van der Waals surface area contributed by atoms with Crippen molar-refractivity contribution in [3.63, 3.8) is 0 Å². The monoisotopic (exact) mass is 141 g/mol. The third-order valence-electron chi connectivity index (χ3n) is 1.04. The maximum absolute atomic E-state index is 10.7. The molecule has 2 N–H and O–H groups in total. The number of ether oxygens (including phenoxy) is 1. The maximum Gasteiger partial charge on any atom is 0.420 e. The van der Waals surface area contributed by atoms with Gasteiger partial charge in [0.1, 0.15) is 0 Å². The van der Waals surface area contributed by atoms with E-state index in [9.17, 15) is 4.79 Å². The minimum atomic E-state index is -0.532. The van der Waals surface area contributed by atoms with Crippen molar-refractivity contribution < 1.29 is 9.53 Å². The lowest BCUT2D eigenvalue weighted by Gasteiger charge is -1.98. The van der Waals surface area contributed by atoms with Crippen LogP contribution in [-0.4, -0.2) is 22.8 Å². The molecule has 0 spiro atoms. The number of imidazole rings is 1. The van der Waals surface area contributed by atoms with Gasteiger partial charge in [-0.15, -0.1) is 0 Å². The summed E-state index contributed by atoms with van der Waals surface area (Å²) in [5.74, 6) is 0.131. The summed E-state index contributed by atoms with van der Waals surface area (Å²) in [5, 5.41) is 0. The molecular weight excluding hydrogens is 134 g/mol. The molecule has 0 amide bonds. The van der Waals surface area contributed by atoms with E-state index in [1.807, 2.05) is 0 Å². The Morgan fingerprint density at radius 1 is 1.90 bits per heavy atom. The molecule has 1 rings (SSSR count). The number of hydrogen-bond donors (Lipinski definition) is 1. The zero-order valence-corrected chi connectivity index (χ0v) is 5.44. The number of aromatic nitrogens is 2. The lowest BCUT2D eigenvalue weighted by atomic mass is 10.9. The predicted octanol–water partition coefficient (Wildman–Crippen LogP) is 0.0798. The zero-order chi connectivity index (χ0) is 7.56. The molecule has 0 fully saturated rings. The van der Waals surface area contributed by atoms with E-state index in [1.165, 1.54) is 19.5 Å². The summed E-state index contributed by atoms with van der Waals surface area (Å²) >= 11 is 0. The minimum absolute atomic E-state index is 0.131. The predicted molar refractivity (Wildman–Crippen MR) is 34.4 cm³/mol. The molecule has 1 aromatic rings. The smallest absolute Gasteiger partial charge is 0.420 e. The topological polar surface area (TPSA) is 70.1 Å². The highest BCUT2D eigenvalue weighted by Crippen LogP contribution is 1.97. The first-order valence-electron chi connectivity index (χ1n) is 2.63. The van der Waals surface area contributed by atoms with Crippen LogP contribution >= 0.6 is 0 Å². The van der Waals surface area contributed by atoms with Crippen LogP contribution in [0.4, 0.5) is 10.7 Å². The van der Waals surface area contributed by atoms with Crippen LogP contribution in [0.2, 0.25) is 0 Å². The average molecular weight is 141 g/mol. The number of rotatable bonds is 0. The fourth-order valence-corrected chi connectivity index (χ4v) is 0.568. The Morgan fingerprint density at radius 2 is 2.60 bits per heavy atom. The molecule has 54 valence electrons. The Bertz CT molecular complexity index is 243. The molecule has 5 nitrogen and oxygen atoms in total. The summed E-state index contributed by atoms with van der Waals surface area (Å²) in [4.78, 5) is 14.3. The number of carbonyl (C=O) groups is 1. The summed E-state index contributed by atoms with van der Waals surface area (Å²) in [5.41, 5.74) is 5.27. The molecule has 0 bridgehead atoms. The summed E-state index contributed by atoms with van der Waals surface area (Å²) < 4.78 is 5.49. The second kappa shape index (κ2) is 2.38. The Kier molecular flexibility index (Phi) is 1.57. The van der Waals surface area contributed by atoms with Gasteiger partial charge in [-0.05, 0) is 0 Å². The molecule has 0 aliphatic carbocycles. The van der Waals surface area contributed by atoms with Gasteiger partial charge < -0.3 is 10.5 Å². The van der Waals surface area contributed by atoms with Crippen molar-refractivity contribution in [2.24, 2.45) is 0 Å². The maximum atomic E-state index is 10.7. The first-order chi connectivity index (χ1) is 4.75. The second-order valence-electron chi connectivity index (χ2n) is 1.63. The SMILES string of the molecule is COC(=O)n1ccnc1N. The molecule has 0 unspecified atom stereocenters. The second-order valence-corrected chi connectivity index (χ2v) is 1.63. The van der Waals surface area contributed by atoms with Gasteiger partial charge in [0.15, 0.2) is 0 Å². The van der Waals surface area contributed by atoms with E-state index in [-0.39, 0.29) is 5.95 Å². The molecule has 0 aromatic carbocycles. The van der Waals surface area contributed by atoms with Crippen molar-refractivity contribution in [3.05, 3.63) is 12.4 Å². The Morgan fingerprint density at radius 3 is 3.00 bits per heavy atom. The molecule has 1 heterocycles. The van der Waals surface area contributed by atoms with Crippen molar-refractivity contribution in [2.45, 2.75) is 0 Å². The number of methoxy groups -OCH3 is 1. The lowest BCUT2D eigenvalue weighted by Crippen LogP contribution is -2.12. The molecule has 10 heavy (non-hydrogen) atoms. The molecule has 0 aliphatic heterocycles. The number of nitrogens with two attached hydrogens (primary N) is 1. The fourth-order valence-electron chi connectivity index (χ4n) is 0.568. The number of nitrogens with zero attached hydrogens (tertiary/aromatic N) is 2. The highest BCUT2D eigenvalue weighted by atomic mass is 16.5. The van der Waals surface area contributed by atoms with Gasteiger partial charge in [-0.1, -0.05) is 0 Å². The number of anilines is 1. The molecular formula is C5H7N3O2. The molecule has 0 aliphatic rings. The van der Waals surface area contributed by atoms with Gasteiger partial charge in [-0.3, -0.25) is 0 Å². The van der Waals surface area contributed by atoms with E-state index >= 15 is 0 Å². The van der Waals surface area contributed by atoms with E-state index < -0.39 is 6.09 Å². The highest BCUT2D eigenvalue weighted by Gasteiger charge is 2.05. The summed E-state index contributed by atoms with van der Waals surface area (Å²) in [6, 6.07) is 0. The van der Waals surface area contributed by atoms with E-state index in [2.05, 4.69) is 9.72 Å². The van der Waals surface area contributed by atoms with E-state index in [0.29, 0.717) is 0 Å². The van der Waals surface area contributed by atoms with Gasteiger partial charge in [-0.25, -0.2) is 14.3 Å². The van der Waals surface area contributed by atoms with E-state index in [4.69, 9.17) is 5.73 Å². The molecule has 0 saturated heterocycles. The van der Waals surface area contributed by atoms with Gasteiger partial charge in [0.25, 0.3) is 0 Å². The van der Waals surface area contributed by atoms with Gasteiger partial charge >= 0.3 is 6.09 Å². The van der Waals surface area contributed by atoms with Crippen molar-refractivity contribution in [3.8, 4) is 0 Å². The summed E-state index contributed by atoms with van der Waals surface area (Å²) in [7, 11) is 1.28. The Hall–Kier alpha value is -1.52. The average Bonchev–Trinajstić information content (AvgIpc) is 2.34. The lowest BCUT2D eigenvalue weighted by molar-refractivity contribution is 0.173. The zero-order valence-electron chi connectivity index (χ0n) is 5.44. The van der Waals surface area contributed by atoms with Crippen LogP contribution in [0, 0.1) is 0 Å². The van der Waals surface area contributed by atoms with Crippen LogP contribution < -0.4 is 5.73 Å². The van der Waals surface area contributed by atoms with E-state index in [1.54, 1.807) is 0 Å². The van der Waals surface area contributed by atoms with Crippen molar-refractivity contribution in [1.82, 2.24) is 9.55 Å². The number of nitrogen functional groups attached to an aromatic ring is 1. The first-order valence-corrected chi connectivity index (χ1v) is 2.63. The first kappa shape index (κ1) is 6.60. The third-order valence-corrected chi connectivity index (χ3v) is 1.04. The summed E-state index contributed by atoms with van der Waals surface area (Å²) in [6.45, 7) is 0. The largest absolute Gasteiger partial charge is 0.452 e. The molecule has 5 heteroatoms. The van der Waals surface area contributed by atoms with Crippen LogP contribution in [0.3, 0.4) is 0 Å². The van der Waals surface area contributed by atoms with Crippen LogP contribution in [0.25, 0.3) is 0 Å². The number of hydrogen-bond acceptors (Lipinski definition) is 4. The van der Waals surface area contributed by atoms with Gasteiger partial charge in [0.2, 0.25) is 5.95 Å². The normalized spacial score (nSPS) is 9.30. The third kappa shape index (κ3) is 0.928. The van der Waals surface area contributed by atoms with E-state index in [0.717, 1.165) is 4.57 Å². The fraction of sp³-hybridized carbons (Fsp3) is 0.200. The van der Waals surface area contributed by atoms with Crippen molar-refractivity contribution in [2.75, 3.05) is 12.8 Å². The van der Waals surface area contributed by atoms with Crippen LogP contribution in [-0.2, 0) is 4.74 Å². The van der Waals surface area contributed by atoms with Gasteiger partial charge in [0.05, 0.1) is 7.11 Å². The Balaban J connectivity index is 2.93. The highest BCUT2D eigenvalue weighted by molar-refractivity contribution is 5.73. The van der Waals surface area contributed by atoms with Gasteiger partial charge in [-0.2, -0.15) is 0 Å². The quantitative estimate of drug-likeness (QED) is 0.555. The summed E-state index contributed by atoms with van der Waals surface area (Å²) in [6.07, 6.45) is 2.32. The Labute approximate surface area is 57.4 Å². The minimum Gasteiger partial charge on any atom is -0.452 e. The molecule has 0 atom stereocenters. The molecule has 0 saturated carbocycles. The van der Waals surface area contributed by atoms with Gasteiger partial charge in [0, 0.05) is 12.4 Å².